The van der Waals surface area contributed by atoms with Crippen molar-refractivity contribution in [2.75, 3.05) is 10.6 Å². The van der Waals surface area contributed by atoms with E-state index in [1.165, 1.54) is 24.3 Å². The number of pyridine rings is 1. The fourth-order valence-electron chi connectivity index (χ4n) is 3.96. The van der Waals surface area contributed by atoms with Crippen LogP contribution in [0.1, 0.15) is 12.8 Å². The third kappa shape index (κ3) is 4.54. The van der Waals surface area contributed by atoms with E-state index in [-0.39, 0.29) is 5.91 Å². The fourth-order valence-corrected chi connectivity index (χ4v) is 4.60. The van der Waals surface area contributed by atoms with E-state index in [2.05, 4.69) is 25.6 Å². The van der Waals surface area contributed by atoms with Gasteiger partial charge in [0.2, 0.25) is 11.8 Å². The van der Waals surface area contributed by atoms with E-state index in [1.54, 1.807) is 47.9 Å². The zero-order chi connectivity index (χ0) is 25.4. The van der Waals surface area contributed by atoms with Crippen LogP contribution in [0.4, 0.5) is 15.8 Å². The smallest absolute Gasteiger partial charge is 0.240 e. The lowest BCUT2D eigenvalue weighted by Gasteiger charge is -2.16. The van der Waals surface area contributed by atoms with Gasteiger partial charge in [-0.3, -0.25) is 9.59 Å². The molecule has 0 radical (unpaired) electrons. The Morgan fingerprint density at radius 1 is 0.946 bits per heavy atom. The summed E-state index contributed by atoms with van der Waals surface area (Å²) in [6.07, 6.45) is 2.53. The van der Waals surface area contributed by atoms with Gasteiger partial charge in [0.15, 0.2) is 11.4 Å². The lowest BCUT2D eigenvalue weighted by atomic mass is 10.0. The number of rotatable bonds is 7. The summed E-state index contributed by atoms with van der Waals surface area (Å²) >= 11 is 1.59. The molecular weight excluding hydrogens is 493 g/mol. The summed E-state index contributed by atoms with van der Waals surface area (Å²) in [5, 5.41) is 9.51. The Bertz CT molecular complexity index is 1590. The standard InChI is InChI=1S/C27H20FN5O3S/c28-17-1-3-18(4-2-17)30-25(34)27(11-12-27)26(35)31-19-5-7-20(8-6-19)36-21-9-13-29-24-22(21)32-23(33-24)16-10-14-37-15-16/h1-10,13-15H,11-12H2,(H,30,34)(H,31,35)(H,29,32,33). The summed E-state index contributed by atoms with van der Waals surface area (Å²) in [7, 11) is 0. The van der Waals surface area contributed by atoms with Crippen molar-refractivity contribution in [3.63, 3.8) is 0 Å². The molecule has 2 aromatic carbocycles. The van der Waals surface area contributed by atoms with Gasteiger partial charge in [-0.2, -0.15) is 11.3 Å². The number of fused-ring (bicyclic) bond motifs is 1. The van der Waals surface area contributed by atoms with Gasteiger partial charge in [-0.15, -0.1) is 0 Å². The molecule has 0 unspecified atom stereocenters. The number of carbonyl (C=O) groups is 2. The van der Waals surface area contributed by atoms with Crippen molar-refractivity contribution in [3.8, 4) is 22.9 Å². The average molecular weight is 514 g/mol. The number of imidazole rings is 1. The molecule has 1 fully saturated rings. The largest absolute Gasteiger partial charge is 0.455 e. The molecule has 3 N–H and O–H groups in total. The van der Waals surface area contributed by atoms with Crippen LogP contribution in [0.25, 0.3) is 22.6 Å². The average Bonchev–Trinajstić information content (AvgIpc) is 3.31. The van der Waals surface area contributed by atoms with E-state index >= 15 is 0 Å². The molecule has 8 nitrogen and oxygen atoms in total. The fraction of sp³-hybridized carbons (Fsp3) is 0.111. The van der Waals surface area contributed by atoms with Gasteiger partial charge in [-0.05, 0) is 72.8 Å². The molecule has 1 aliphatic carbocycles. The number of benzene rings is 2. The lowest BCUT2D eigenvalue weighted by molar-refractivity contribution is -0.131. The third-order valence-corrected chi connectivity index (χ3v) is 6.89. The molecule has 2 amide bonds. The van der Waals surface area contributed by atoms with Crippen molar-refractivity contribution in [1.82, 2.24) is 15.0 Å². The molecule has 0 atom stereocenters. The number of ether oxygens (including phenoxy) is 1. The summed E-state index contributed by atoms with van der Waals surface area (Å²) in [6, 6.07) is 16.1. The molecule has 37 heavy (non-hydrogen) atoms. The highest BCUT2D eigenvalue weighted by Crippen LogP contribution is 2.47. The highest BCUT2D eigenvalue weighted by Gasteiger charge is 2.56. The molecule has 6 rings (SSSR count). The first kappa shape index (κ1) is 22.9. The van der Waals surface area contributed by atoms with Gasteiger partial charge in [0.25, 0.3) is 0 Å². The summed E-state index contributed by atoms with van der Waals surface area (Å²) in [5.74, 6) is 0.674. The van der Waals surface area contributed by atoms with Crippen molar-refractivity contribution in [2.45, 2.75) is 12.8 Å². The quantitative estimate of drug-likeness (QED) is 0.232. The maximum absolute atomic E-state index is 13.1. The molecule has 5 aromatic rings. The van der Waals surface area contributed by atoms with Gasteiger partial charge >= 0.3 is 0 Å². The van der Waals surface area contributed by atoms with Crippen LogP contribution >= 0.6 is 11.3 Å². The van der Waals surface area contributed by atoms with Crippen LogP contribution in [0.3, 0.4) is 0 Å². The number of aromatic nitrogens is 3. The molecular formula is C27H20FN5O3S. The molecule has 3 heterocycles. The Balaban J connectivity index is 1.13. The van der Waals surface area contributed by atoms with Gasteiger partial charge in [-0.25, -0.2) is 14.4 Å². The van der Waals surface area contributed by atoms with Gasteiger partial charge in [0.05, 0.1) is 0 Å². The Labute approximate surface area is 214 Å². The van der Waals surface area contributed by atoms with E-state index in [1.807, 2.05) is 16.8 Å². The van der Waals surface area contributed by atoms with Crippen LogP contribution in [0.15, 0.2) is 77.6 Å². The van der Waals surface area contributed by atoms with E-state index in [9.17, 15) is 14.0 Å². The Morgan fingerprint density at radius 3 is 2.24 bits per heavy atom. The van der Waals surface area contributed by atoms with Crippen LogP contribution in [0, 0.1) is 11.2 Å². The molecule has 1 saturated carbocycles. The predicted molar refractivity (Wildman–Crippen MR) is 139 cm³/mol. The van der Waals surface area contributed by atoms with E-state index in [4.69, 9.17) is 4.74 Å². The van der Waals surface area contributed by atoms with Crippen molar-refractivity contribution < 1.29 is 18.7 Å². The van der Waals surface area contributed by atoms with Gasteiger partial charge in [0, 0.05) is 34.6 Å². The number of nitrogens with zero attached hydrogens (tertiary/aromatic N) is 2. The van der Waals surface area contributed by atoms with Crippen LogP contribution in [-0.4, -0.2) is 26.8 Å². The Morgan fingerprint density at radius 2 is 1.62 bits per heavy atom. The number of H-pyrrole nitrogens is 1. The Hall–Kier alpha value is -4.57. The summed E-state index contributed by atoms with van der Waals surface area (Å²) in [6.45, 7) is 0. The van der Waals surface area contributed by atoms with Crippen molar-refractivity contribution in [2.24, 2.45) is 5.41 Å². The first-order valence-electron chi connectivity index (χ1n) is 11.5. The summed E-state index contributed by atoms with van der Waals surface area (Å²) in [4.78, 5) is 37.8. The van der Waals surface area contributed by atoms with E-state index in [0.29, 0.717) is 46.9 Å². The molecule has 0 saturated heterocycles. The maximum atomic E-state index is 13.1. The number of nitrogens with one attached hydrogen (secondary N) is 3. The van der Waals surface area contributed by atoms with Gasteiger partial charge in [0.1, 0.15) is 28.3 Å². The second kappa shape index (κ2) is 9.14. The second-order valence-electron chi connectivity index (χ2n) is 8.73. The number of thiophene rings is 1. The minimum atomic E-state index is -1.13. The molecule has 10 heteroatoms. The summed E-state index contributed by atoms with van der Waals surface area (Å²) < 4.78 is 19.2. The summed E-state index contributed by atoms with van der Waals surface area (Å²) in [5.41, 5.74) is 2.07. The van der Waals surface area contributed by atoms with Crippen LogP contribution < -0.4 is 15.4 Å². The highest BCUT2D eigenvalue weighted by atomic mass is 32.1. The molecule has 1 aliphatic rings. The van der Waals surface area contributed by atoms with Crippen LogP contribution in [0.2, 0.25) is 0 Å². The van der Waals surface area contributed by atoms with E-state index < -0.39 is 17.1 Å². The third-order valence-electron chi connectivity index (χ3n) is 6.21. The minimum Gasteiger partial charge on any atom is -0.455 e. The van der Waals surface area contributed by atoms with Crippen LogP contribution in [0.5, 0.6) is 11.5 Å². The SMILES string of the molecule is O=C(Nc1ccc(F)cc1)C1(C(=O)Nc2ccc(Oc3ccnc4nc(-c5ccsc5)[nH]c34)cc2)CC1. The molecule has 0 spiro atoms. The molecule has 3 aromatic heterocycles. The number of carbonyl (C=O) groups excluding carboxylic acids is 2. The Kier molecular flexibility index (Phi) is 5.65. The van der Waals surface area contributed by atoms with Crippen LogP contribution in [-0.2, 0) is 9.59 Å². The maximum Gasteiger partial charge on any atom is 0.240 e. The zero-order valence-electron chi connectivity index (χ0n) is 19.3. The van der Waals surface area contributed by atoms with Gasteiger partial charge < -0.3 is 20.4 Å². The monoisotopic (exact) mass is 513 g/mol. The minimum absolute atomic E-state index is 0.380. The van der Waals surface area contributed by atoms with E-state index in [0.717, 1.165) is 11.4 Å². The topological polar surface area (TPSA) is 109 Å². The number of hydrogen-bond donors (Lipinski definition) is 3. The number of aromatic amines is 1. The number of amides is 2. The van der Waals surface area contributed by atoms with Crippen molar-refractivity contribution in [3.05, 3.63) is 83.4 Å². The first-order chi connectivity index (χ1) is 18.0. The van der Waals surface area contributed by atoms with Crippen molar-refractivity contribution in [1.29, 1.82) is 0 Å². The number of anilines is 2. The van der Waals surface area contributed by atoms with Crippen molar-refractivity contribution >= 4 is 45.7 Å². The van der Waals surface area contributed by atoms with Gasteiger partial charge in [-0.1, -0.05) is 0 Å². The molecule has 0 bridgehead atoms. The molecule has 184 valence electrons. The second-order valence-corrected chi connectivity index (χ2v) is 9.51. The lowest BCUT2D eigenvalue weighted by Crippen LogP contribution is -2.35. The normalized spacial score (nSPS) is 13.8. The highest BCUT2D eigenvalue weighted by molar-refractivity contribution is 7.08. The predicted octanol–water partition coefficient (Wildman–Crippen LogP) is 5.98. The number of hydrogen-bond acceptors (Lipinski definition) is 6. The first-order valence-corrected chi connectivity index (χ1v) is 12.5. The zero-order valence-corrected chi connectivity index (χ0v) is 20.1. The molecule has 0 aliphatic heterocycles. The number of halogens is 1.